The third-order valence-electron chi connectivity index (χ3n) is 4.80. The number of hydrogen-bond donors (Lipinski definition) is 2. The average Bonchev–Trinajstić information content (AvgIpc) is 3.19. The highest BCUT2D eigenvalue weighted by atomic mass is 79.9. The van der Waals surface area contributed by atoms with Gasteiger partial charge in [0.25, 0.3) is 5.91 Å². The van der Waals surface area contributed by atoms with E-state index in [1.807, 2.05) is 62.6 Å². The fourth-order valence-electron chi connectivity index (χ4n) is 3.10. The van der Waals surface area contributed by atoms with Gasteiger partial charge in [0, 0.05) is 23.4 Å². The zero-order valence-electron chi connectivity index (χ0n) is 17.4. The van der Waals surface area contributed by atoms with E-state index in [4.69, 9.17) is 4.74 Å². The molecular weight excluding hydrogens is 456 g/mol. The smallest absolute Gasteiger partial charge is 0.255 e. The number of nitrogens with zero attached hydrogens (tertiary/aromatic N) is 2. The van der Waals surface area contributed by atoms with Crippen molar-refractivity contribution in [2.24, 2.45) is 0 Å². The number of fused-ring (bicyclic) bond motifs is 1. The lowest BCUT2D eigenvalue weighted by Crippen LogP contribution is -2.19. The van der Waals surface area contributed by atoms with Crippen molar-refractivity contribution in [2.75, 3.05) is 32.6 Å². The standard InChI is InChI=1S/C24H23BrN4O2/c1-29(2)13-14-31-22-12-9-17(15-19(22)25)24(30)26-18-10-7-16(8-11-18)23-27-20-5-3-4-6-21(20)28-23/h3-12,15H,13-14H2,1-2H3,(H,26,30)(H,27,28). The number of anilines is 1. The van der Waals surface area contributed by atoms with Crippen LogP contribution in [0.1, 0.15) is 10.4 Å². The highest BCUT2D eigenvalue weighted by Gasteiger charge is 2.11. The van der Waals surface area contributed by atoms with Gasteiger partial charge in [-0.15, -0.1) is 0 Å². The van der Waals surface area contributed by atoms with E-state index in [-0.39, 0.29) is 5.91 Å². The molecule has 3 aromatic carbocycles. The van der Waals surface area contributed by atoms with Crippen LogP contribution >= 0.6 is 15.9 Å². The zero-order chi connectivity index (χ0) is 21.8. The minimum atomic E-state index is -0.183. The number of nitrogens with one attached hydrogen (secondary N) is 2. The van der Waals surface area contributed by atoms with E-state index in [1.165, 1.54) is 0 Å². The molecule has 6 nitrogen and oxygen atoms in total. The van der Waals surface area contributed by atoms with Gasteiger partial charge in [0.05, 0.1) is 15.5 Å². The number of rotatable bonds is 7. The second-order valence-electron chi connectivity index (χ2n) is 7.43. The van der Waals surface area contributed by atoms with E-state index in [0.29, 0.717) is 23.6 Å². The van der Waals surface area contributed by atoms with E-state index in [1.54, 1.807) is 18.2 Å². The predicted octanol–water partition coefficient (Wildman–Crippen LogP) is 5.19. The first-order valence-corrected chi connectivity index (χ1v) is 10.7. The number of imidazole rings is 1. The number of aromatic nitrogens is 2. The molecule has 0 saturated carbocycles. The Hall–Kier alpha value is -3.16. The van der Waals surface area contributed by atoms with Gasteiger partial charge in [0.2, 0.25) is 0 Å². The van der Waals surface area contributed by atoms with Crippen molar-refractivity contribution in [3.63, 3.8) is 0 Å². The van der Waals surface area contributed by atoms with Gasteiger partial charge < -0.3 is 19.9 Å². The number of H-pyrrole nitrogens is 1. The van der Waals surface area contributed by atoms with Gasteiger partial charge in [-0.2, -0.15) is 0 Å². The van der Waals surface area contributed by atoms with Gasteiger partial charge in [-0.25, -0.2) is 4.98 Å². The van der Waals surface area contributed by atoms with Crippen molar-refractivity contribution in [1.82, 2.24) is 14.9 Å². The van der Waals surface area contributed by atoms with E-state index in [0.717, 1.165) is 33.4 Å². The molecule has 0 atom stereocenters. The normalized spacial score (nSPS) is 11.1. The van der Waals surface area contributed by atoms with Crippen LogP contribution in [-0.2, 0) is 0 Å². The predicted molar refractivity (Wildman–Crippen MR) is 128 cm³/mol. The van der Waals surface area contributed by atoms with Crippen LogP contribution in [0.5, 0.6) is 5.75 Å². The van der Waals surface area contributed by atoms with E-state index in [2.05, 4.69) is 36.1 Å². The molecule has 4 rings (SSSR count). The van der Waals surface area contributed by atoms with Crippen LogP contribution in [-0.4, -0.2) is 48.0 Å². The molecule has 0 aliphatic rings. The van der Waals surface area contributed by atoms with Crippen LogP contribution in [0.4, 0.5) is 5.69 Å². The molecule has 0 fully saturated rings. The van der Waals surface area contributed by atoms with Crippen molar-refractivity contribution in [2.45, 2.75) is 0 Å². The van der Waals surface area contributed by atoms with Crippen LogP contribution in [0.25, 0.3) is 22.4 Å². The Kier molecular flexibility index (Phi) is 6.34. The number of aromatic amines is 1. The highest BCUT2D eigenvalue weighted by molar-refractivity contribution is 9.10. The van der Waals surface area contributed by atoms with Crippen molar-refractivity contribution in [3.05, 3.63) is 76.8 Å². The second-order valence-corrected chi connectivity index (χ2v) is 8.29. The number of para-hydroxylation sites is 2. The molecule has 1 aromatic heterocycles. The first-order valence-electron chi connectivity index (χ1n) is 9.93. The molecule has 0 aliphatic heterocycles. The van der Waals surface area contributed by atoms with E-state index in [9.17, 15) is 4.79 Å². The molecule has 0 unspecified atom stereocenters. The summed E-state index contributed by atoms with van der Waals surface area (Å²) in [5.74, 6) is 1.33. The number of amides is 1. The van der Waals surface area contributed by atoms with Crippen molar-refractivity contribution < 1.29 is 9.53 Å². The Labute approximate surface area is 189 Å². The Morgan fingerprint density at radius 3 is 2.58 bits per heavy atom. The molecular formula is C24H23BrN4O2. The Balaban J connectivity index is 1.42. The Morgan fingerprint density at radius 1 is 1.10 bits per heavy atom. The van der Waals surface area contributed by atoms with Gasteiger partial charge >= 0.3 is 0 Å². The molecule has 1 heterocycles. The molecule has 7 heteroatoms. The molecule has 0 bridgehead atoms. The summed E-state index contributed by atoms with van der Waals surface area (Å²) in [6.45, 7) is 1.40. The summed E-state index contributed by atoms with van der Waals surface area (Å²) in [4.78, 5) is 22.6. The van der Waals surface area contributed by atoms with Crippen LogP contribution in [0.3, 0.4) is 0 Å². The summed E-state index contributed by atoms with van der Waals surface area (Å²) in [5, 5.41) is 2.93. The lowest BCUT2D eigenvalue weighted by Gasteiger charge is -2.13. The molecule has 0 aliphatic carbocycles. The van der Waals surface area contributed by atoms with Gasteiger partial charge in [0.15, 0.2) is 0 Å². The number of carbonyl (C=O) groups is 1. The topological polar surface area (TPSA) is 70.2 Å². The van der Waals surface area contributed by atoms with Crippen LogP contribution in [0.15, 0.2) is 71.2 Å². The highest BCUT2D eigenvalue weighted by Crippen LogP contribution is 2.27. The summed E-state index contributed by atoms with van der Waals surface area (Å²) in [6.07, 6.45) is 0. The average molecular weight is 479 g/mol. The third kappa shape index (κ3) is 5.13. The number of ether oxygens (including phenoxy) is 1. The maximum atomic E-state index is 12.7. The van der Waals surface area contributed by atoms with Crippen molar-refractivity contribution in [1.29, 1.82) is 0 Å². The van der Waals surface area contributed by atoms with Crippen LogP contribution in [0, 0.1) is 0 Å². The van der Waals surface area contributed by atoms with Crippen molar-refractivity contribution in [3.8, 4) is 17.1 Å². The fourth-order valence-corrected chi connectivity index (χ4v) is 3.59. The molecule has 0 spiro atoms. The monoisotopic (exact) mass is 478 g/mol. The minimum absolute atomic E-state index is 0.183. The molecule has 1 amide bonds. The zero-order valence-corrected chi connectivity index (χ0v) is 18.9. The number of benzene rings is 3. The first kappa shape index (κ1) is 21.1. The van der Waals surface area contributed by atoms with Crippen LogP contribution < -0.4 is 10.1 Å². The maximum absolute atomic E-state index is 12.7. The summed E-state index contributed by atoms with van der Waals surface area (Å²) in [7, 11) is 3.99. The van der Waals surface area contributed by atoms with Gasteiger partial charge in [-0.3, -0.25) is 4.79 Å². The van der Waals surface area contributed by atoms with Gasteiger partial charge in [-0.05, 0) is 84.6 Å². The molecule has 158 valence electrons. The lowest BCUT2D eigenvalue weighted by molar-refractivity contribution is 0.102. The van der Waals surface area contributed by atoms with Gasteiger partial charge in [0.1, 0.15) is 18.2 Å². The molecule has 0 radical (unpaired) electrons. The maximum Gasteiger partial charge on any atom is 0.255 e. The SMILES string of the molecule is CN(C)CCOc1ccc(C(=O)Nc2ccc(-c3nc4ccccc4[nH]3)cc2)cc1Br. The third-order valence-corrected chi connectivity index (χ3v) is 5.42. The Bertz CT molecular complexity index is 1170. The largest absolute Gasteiger partial charge is 0.491 e. The molecule has 2 N–H and O–H groups in total. The quantitative estimate of drug-likeness (QED) is 0.383. The second kappa shape index (κ2) is 9.32. The molecule has 0 saturated heterocycles. The number of likely N-dealkylation sites (N-methyl/N-ethyl adjacent to an activating group) is 1. The molecule has 4 aromatic rings. The summed E-state index contributed by atoms with van der Waals surface area (Å²) in [5.41, 5.74) is 4.14. The fraction of sp³-hybridized carbons (Fsp3) is 0.167. The minimum Gasteiger partial charge on any atom is -0.491 e. The number of carbonyl (C=O) groups excluding carboxylic acids is 1. The van der Waals surface area contributed by atoms with E-state index >= 15 is 0 Å². The first-order chi connectivity index (χ1) is 15.0. The lowest BCUT2D eigenvalue weighted by atomic mass is 10.1. The van der Waals surface area contributed by atoms with E-state index < -0.39 is 0 Å². The Morgan fingerprint density at radius 2 is 1.87 bits per heavy atom. The summed E-state index contributed by atoms with van der Waals surface area (Å²) in [6, 6.07) is 20.8. The van der Waals surface area contributed by atoms with Crippen LogP contribution in [0.2, 0.25) is 0 Å². The number of halogens is 1. The van der Waals surface area contributed by atoms with Gasteiger partial charge in [-0.1, -0.05) is 12.1 Å². The number of hydrogen-bond acceptors (Lipinski definition) is 4. The molecule has 31 heavy (non-hydrogen) atoms. The van der Waals surface area contributed by atoms with Crippen molar-refractivity contribution >= 4 is 38.6 Å². The summed E-state index contributed by atoms with van der Waals surface area (Å²) >= 11 is 3.49. The summed E-state index contributed by atoms with van der Waals surface area (Å²) < 4.78 is 6.50.